The van der Waals surface area contributed by atoms with Crippen molar-refractivity contribution in [3.8, 4) is 28.4 Å². The lowest BCUT2D eigenvalue weighted by molar-refractivity contribution is 0.326. The first-order valence-electron chi connectivity index (χ1n) is 6.73. The lowest BCUT2D eigenvalue weighted by Gasteiger charge is -2.08. The molecule has 0 saturated heterocycles. The molecule has 0 amide bonds. The molecule has 5 nitrogen and oxygen atoms in total. The molecule has 0 aliphatic rings. The monoisotopic (exact) mass is 297 g/mol. The van der Waals surface area contributed by atoms with E-state index in [1.165, 1.54) is 10.8 Å². The van der Waals surface area contributed by atoms with Gasteiger partial charge in [0, 0.05) is 5.56 Å². The van der Waals surface area contributed by atoms with E-state index < -0.39 is 5.63 Å². The van der Waals surface area contributed by atoms with Crippen molar-refractivity contribution in [3.63, 3.8) is 0 Å². The minimum Gasteiger partial charge on any atom is -0.497 e. The van der Waals surface area contributed by atoms with Crippen LogP contribution in [0.5, 0.6) is 11.5 Å². The van der Waals surface area contributed by atoms with Gasteiger partial charge in [-0.2, -0.15) is 4.74 Å². The van der Waals surface area contributed by atoms with Crippen LogP contribution in [0.3, 0.4) is 0 Å². The molecule has 0 N–H and O–H groups in total. The lowest BCUT2D eigenvalue weighted by atomic mass is 10.1. The number of benzene rings is 2. The van der Waals surface area contributed by atoms with Crippen LogP contribution in [-0.2, 0) is 0 Å². The van der Waals surface area contributed by atoms with Crippen molar-refractivity contribution in [2.45, 2.75) is 0 Å². The van der Waals surface area contributed by atoms with Crippen LogP contribution in [0.4, 0.5) is 0 Å². The molecule has 1 aromatic heterocycles. The van der Waals surface area contributed by atoms with E-state index in [4.69, 9.17) is 14.0 Å². The average Bonchev–Trinajstić information content (AvgIpc) is 2.97. The molecule has 0 saturated carbocycles. The summed E-state index contributed by atoms with van der Waals surface area (Å²) >= 11 is 0. The maximum Gasteiger partial charge on any atom is 0.358 e. The third-order valence-electron chi connectivity index (χ3n) is 3.35. The van der Waals surface area contributed by atoms with Crippen LogP contribution in [0.2, 0.25) is 0 Å². The van der Waals surface area contributed by atoms with Crippen LogP contribution in [0.25, 0.3) is 16.9 Å². The van der Waals surface area contributed by atoms with Crippen LogP contribution < -0.4 is 15.1 Å². The minimum atomic E-state index is -0.401. The molecule has 2 aromatic carbocycles. The quantitative estimate of drug-likeness (QED) is 0.742. The standard InChI is InChI=1S/C17H15NO4/c1-20-14-7-3-12(4-8-14)16-11-17(19)22-18(16)13-5-9-15(21-2)10-6-13/h3-11H,1-2H3. The van der Waals surface area contributed by atoms with Gasteiger partial charge in [-0.1, -0.05) is 0 Å². The summed E-state index contributed by atoms with van der Waals surface area (Å²) < 4.78 is 17.1. The van der Waals surface area contributed by atoms with Crippen molar-refractivity contribution in [1.29, 1.82) is 0 Å². The van der Waals surface area contributed by atoms with Gasteiger partial charge in [-0.15, -0.1) is 0 Å². The van der Waals surface area contributed by atoms with Crippen LogP contribution in [0, 0.1) is 0 Å². The fraction of sp³-hybridized carbons (Fsp3) is 0.118. The van der Waals surface area contributed by atoms with E-state index in [9.17, 15) is 4.79 Å². The predicted molar refractivity (Wildman–Crippen MR) is 82.8 cm³/mol. The normalized spacial score (nSPS) is 10.5. The van der Waals surface area contributed by atoms with Gasteiger partial charge >= 0.3 is 5.63 Å². The third kappa shape index (κ3) is 2.61. The largest absolute Gasteiger partial charge is 0.497 e. The number of rotatable bonds is 4. The SMILES string of the molecule is COc1ccc(-c2cc(=O)on2-c2ccc(OC)cc2)cc1. The van der Waals surface area contributed by atoms with Gasteiger partial charge in [0.1, 0.15) is 11.5 Å². The first-order valence-corrected chi connectivity index (χ1v) is 6.73. The molecule has 1 heterocycles. The minimum absolute atomic E-state index is 0.401. The molecular formula is C17H15NO4. The summed E-state index contributed by atoms with van der Waals surface area (Å²) in [7, 11) is 3.22. The van der Waals surface area contributed by atoms with Crippen molar-refractivity contribution >= 4 is 0 Å². The second kappa shape index (κ2) is 5.81. The molecule has 3 rings (SSSR count). The third-order valence-corrected chi connectivity index (χ3v) is 3.35. The summed E-state index contributed by atoms with van der Waals surface area (Å²) in [6.07, 6.45) is 0. The molecular weight excluding hydrogens is 282 g/mol. The van der Waals surface area contributed by atoms with Crippen LogP contribution in [-0.4, -0.2) is 19.0 Å². The summed E-state index contributed by atoms with van der Waals surface area (Å²) in [6.45, 7) is 0. The molecule has 0 spiro atoms. The summed E-state index contributed by atoms with van der Waals surface area (Å²) in [5.74, 6) is 1.50. The van der Waals surface area contributed by atoms with Crippen LogP contribution >= 0.6 is 0 Å². The molecule has 0 aliphatic carbocycles. The Kier molecular flexibility index (Phi) is 3.70. The van der Waals surface area contributed by atoms with E-state index in [1.807, 2.05) is 48.5 Å². The van der Waals surface area contributed by atoms with Gasteiger partial charge in [-0.25, -0.2) is 4.79 Å². The van der Waals surface area contributed by atoms with Gasteiger partial charge in [0.15, 0.2) is 0 Å². The number of ether oxygens (including phenoxy) is 2. The van der Waals surface area contributed by atoms with Gasteiger partial charge < -0.3 is 14.0 Å². The zero-order valence-corrected chi connectivity index (χ0v) is 12.3. The molecule has 0 bridgehead atoms. The predicted octanol–water partition coefficient (Wildman–Crippen LogP) is 3.11. The van der Waals surface area contributed by atoms with E-state index in [0.29, 0.717) is 5.69 Å². The zero-order valence-electron chi connectivity index (χ0n) is 12.3. The Morgan fingerprint density at radius 3 is 1.95 bits per heavy atom. The number of hydrogen-bond acceptors (Lipinski definition) is 4. The van der Waals surface area contributed by atoms with Crippen LogP contribution in [0.1, 0.15) is 0 Å². The molecule has 3 aromatic rings. The molecule has 0 atom stereocenters. The number of nitrogens with zero attached hydrogens (tertiary/aromatic N) is 1. The highest BCUT2D eigenvalue weighted by Crippen LogP contribution is 2.25. The first-order chi connectivity index (χ1) is 10.7. The summed E-state index contributed by atoms with van der Waals surface area (Å²) in [4.78, 5) is 11.7. The highest BCUT2D eigenvalue weighted by molar-refractivity contribution is 5.62. The fourth-order valence-electron chi connectivity index (χ4n) is 2.21. The molecule has 5 heteroatoms. The second-order valence-corrected chi connectivity index (χ2v) is 4.66. The van der Waals surface area contributed by atoms with Gasteiger partial charge in [0.2, 0.25) is 0 Å². The Morgan fingerprint density at radius 1 is 0.864 bits per heavy atom. The van der Waals surface area contributed by atoms with Crippen molar-refractivity contribution in [3.05, 3.63) is 65.0 Å². The second-order valence-electron chi connectivity index (χ2n) is 4.66. The zero-order chi connectivity index (χ0) is 15.5. The fourth-order valence-corrected chi connectivity index (χ4v) is 2.21. The Labute approximate surface area is 127 Å². The Bertz CT molecular complexity index is 745. The van der Waals surface area contributed by atoms with E-state index in [2.05, 4.69) is 0 Å². The van der Waals surface area contributed by atoms with Crippen molar-refractivity contribution < 1.29 is 14.0 Å². The first kappa shape index (κ1) is 14.0. The molecule has 0 aliphatic heterocycles. The van der Waals surface area contributed by atoms with Crippen molar-refractivity contribution in [2.75, 3.05) is 14.2 Å². The topological polar surface area (TPSA) is 53.6 Å². The van der Waals surface area contributed by atoms with Gasteiger partial charge in [-0.3, -0.25) is 0 Å². The summed E-state index contributed by atoms with van der Waals surface area (Å²) in [5.41, 5.74) is 1.88. The molecule has 112 valence electrons. The smallest absolute Gasteiger partial charge is 0.358 e. The number of hydrogen-bond donors (Lipinski definition) is 0. The number of aromatic nitrogens is 1. The van der Waals surface area contributed by atoms with Crippen molar-refractivity contribution in [1.82, 2.24) is 4.74 Å². The van der Waals surface area contributed by atoms with E-state index in [1.54, 1.807) is 14.2 Å². The van der Waals surface area contributed by atoms with Crippen LogP contribution in [0.15, 0.2) is 63.9 Å². The Morgan fingerprint density at radius 2 is 1.41 bits per heavy atom. The van der Waals surface area contributed by atoms with Gasteiger partial charge in [-0.05, 0) is 48.5 Å². The van der Waals surface area contributed by atoms with Gasteiger partial charge in [0.05, 0.1) is 31.7 Å². The van der Waals surface area contributed by atoms with Crippen molar-refractivity contribution in [2.24, 2.45) is 0 Å². The summed E-state index contributed by atoms with van der Waals surface area (Å²) in [6, 6.07) is 16.2. The van der Waals surface area contributed by atoms with Gasteiger partial charge in [0.25, 0.3) is 0 Å². The molecule has 0 radical (unpaired) electrons. The maximum absolute atomic E-state index is 11.7. The highest BCUT2D eigenvalue weighted by Gasteiger charge is 2.11. The van der Waals surface area contributed by atoms with E-state index in [0.717, 1.165) is 22.7 Å². The highest BCUT2D eigenvalue weighted by atomic mass is 16.5. The Balaban J connectivity index is 2.06. The molecule has 22 heavy (non-hydrogen) atoms. The number of methoxy groups -OCH3 is 2. The lowest BCUT2D eigenvalue weighted by Crippen LogP contribution is -1.96. The summed E-state index contributed by atoms with van der Waals surface area (Å²) in [5, 5.41) is 0. The van der Waals surface area contributed by atoms with E-state index in [-0.39, 0.29) is 0 Å². The Hall–Kier alpha value is -2.95. The molecule has 0 unspecified atom stereocenters. The maximum atomic E-state index is 11.7. The average molecular weight is 297 g/mol. The molecule has 0 fully saturated rings. The van der Waals surface area contributed by atoms with E-state index >= 15 is 0 Å².